The average Bonchev–Trinajstić information content (AvgIpc) is 2.29. The fourth-order valence-corrected chi connectivity index (χ4v) is 1.44. The quantitative estimate of drug-likeness (QED) is 0.896. The average molecular weight is 255 g/mol. The number of pyridine rings is 1. The van der Waals surface area contributed by atoms with Crippen molar-refractivity contribution in [3.05, 3.63) is 52.9 Å². The molecule has 0 bridgehead atoms. The minimum Gasteiger partial charge on any atom is -0.406 e. The first kappa shape index (κ1) is 12.2. The van der Waals surface area contributed by atoms with Gasteiger partial charge in [0.05, 0.1) is 0 Å². The third-order valence-electron chi connectivity index (χ3n) is 2.21. The first-order chi connectivity index (χ1) is 8.44. The lowest BCUT2D eigenvalue weighted by molar-refractivity contribution is -0.274. The standard InChI is InChI=1S/C12H8F3NO2/c13-12(14,15)18-10-4-1-8(2-5-10)9-3-6-11(17)16-7-9/h1-7H,(H,16,17). The number of hydrogen-bond donors (Lipinski definition) is 1. The predicted molar refractivity (Wildman–Crippen MR) is 59.2 cm³/mol. The van der Waals surface area contributed by atoms with E-state index in [9.17, 15) is 18.0 Å². The zero-order valence-electron chi connectivity index (χ0n) is 8.99. The maximum absolute atomic E-state index is 11.9. The first-order valence-corrected chi connectivity index (χ1v) is 4.99. The summed E-state index contributed by atoms with van der Waals surface area (Å²) in [6.07, 6.45) is -3.21. The Hall–Kier alpha value is -2.24. The second kappa shape index (κ2) is 4.56. The molecule has 0 spiro atoms. The van der Waals surface area contributed by atoms with Crippen molar-refractivity contribution in [3.8, 4) is 16.9 Å². The molecule has 0 atom stereocenters. The summed E-state index contributed by atoms with van der Waals surface area (Å²) in [5.41, 5.74) is 1.14. The minimum absolute atomic E-state index is 0.240. The highest BCUT2D eigenvalue weighted by Gasteiger charge is 2.30. The summed E-state index contributed by atoms with van der Waals surface area (Å²) < 4.78 is 39.6. The molecule has 2 rings (SSSR count). The lowest BCUT2D eigenvalue weighted by Crippen LogP contribution is -2.16. The minimum atomic E-state index is -4.69. The molecule has 0 saturated carbocycles. The Labute approximate surface area is 99.8 Å². The normalized spacial score (nSPS) is 11.3. The van der Waals surface area contributed by atoms with E-state index in [1.165, 1.54) is 36.5 Å². The van der Waals surface area contributed by atoms with Gasteiger partial charge in [-0.05, 0) is 29.3 Å². The topological polar surface area (TPSA) is 42.1 Å². The highest BCUT2D eigenvalue weighted by atomic mass is 19.4. The summed E-state index contributed by atoms with van der Waals surface area (Å²) in [6, 6.07) is 8.32. The molecule has 0 saturated heterocycles. The van der Waals surface area contributed by atoms with Gasteiger partial charge in [-0.3, -0.25) is 4.79 Å². The molecule has 0 aliphatic rings. The Morgan fingerprint density at radius 2 is 1.56 bits per heavy atom. The number of nitrogens with one attached hydrogen (secondary N) is 1. The zero-order valence-corrected chi connectivity index (χ0v) is 8.99. The van der Waals surface area contributed by atoms with E-state index >= 15 is 0 Å². The van der Waals surface area contributed by atoms with Crippen molar-refractivity contribution in [2.24, 2.45) is 0 Å². The van der Waals surface area contributed by atoms with E-state index in [0.717, 1.165) is 0 Å². The number of benzene rings is 1. The Balaban J connectivity index is 2.22. The van der Waals surface area contributed by atoms with Crippen LogP contribution in [0, 0.1) is 0 Å². The van der Waals surface area contributed by atoms with Crippen LogP contribution in [-0.4, -0.2) is 11.3 Å². The molecule has 0 radical (unpaired) electrons. The maximum Gasteiger partial charge on any atom is 0.573 e. The van der Waals surface area contributed by atoms with E-state index in [0.29, 0.717) is 11.1 Å². The molecule has 0 unspecified atom stereocenters. The van der Waals surface area contributed by atoms with Crippen LogP contribution in [0.2, 0.25) is 0 Å². The summed E-state index contributed by atoms with van der Waals surface area (Å²) >= 11 is 0. The van der Waals surface area contributed by atoms with Gasteiger partial charge in [0.25, 0.3) is 0 Å². The molecule has 0 amide bonds. The zero-order chi connectivity index (χ0) is 13.2. The second-order valence-corrected chi connectivity index (χ2v) is 3.51. The van der Waals surface area contributed by atoms with Crippen LogP contribution in [-0.2, 0) is 0 Å². The number of ether oxygens (including phenoxy) is 1. The monoisotopic (exact) mass is 255 g/mol. The van der Waals surface area contributed by atoms with Crippen LogP contribution in [0.5, 0.6) is 5.75 Å². The molecule has 1 aromatic carbocycles. The summed E-state index contributed by atoms with van der Waals surface area (Å²) in [4.78, 5) is 13.3. The number of aromatic nitrogens is 1. The van der Waals surface area contributed by atoms with E-state index in [1.54, 1.807) is 6.07 Å². The molecule has 1 N–H and O–H groups in total. The number of alkyl halides is 3. The van der Waals surface area contributed by atoms with Gasteiger partial charge in [0.15, 0.2) is 0 Å². The van der Waals surface area contributed by atoms with Gasteiger partial charge in [-0.1, -0.05) is 12.1 Å². The van der Waals surface area contributed by atoms with Crippen molar-refractivity contribution in [3.63, 3.8) is 0 Å². The smallest absolute Gasteiger partial charge is 0.406 e. The highest BCUT2D eigenvalue weighted by Crippen LogP contribution is 2.25. The molecular formula is C12H8F3NO2. The lowest BCUT2D eigenvalue weighted by atomic mass is 10.1. The molecule has 0 aliphatic carbocycles. The largest absolute Gasteiger partial charge is 0.573 e. The number of hydrogen-bond acceptors (Lipinski definition) is 2. The Kier molecular flexibility index (Phi) is 3.10. The van der Waals surface area contributed by atoms with Gasteiger partial charge < -0.3 is 9.72 Å². The third kappa shape index (κ3) is 3.13. The number of halogens is 3. The van der Waals surface area contributed by atoms with Gasteiger partial charge in [-0.2, -0.15) is 0 Å². The van der Waals surface area contributed by atoms with Crippen molar-refractivity contribution < 1.29 is 17.9 Å². The summed E-state index contributed by atoms with van der Waals surface area (Å²) in [6.45, 7) is 0. The molecule has 3 nitrogen and oxygen atoms in total. The van der Waals surface area contributed by atoms with Crippen molar-refractivity contribution >= 4 is 0 Å². The fraction of sp³-hybridized carbons (Fsp3) is 0.0833. The molecule has 0 fully saturated rings. The first-order valence-electron chi connectivity index (χ1n) is 4.99. The molecule has 6 heteroatoms. The number of H-pyrrole nitrogens is 1. The van der Waals surface area contributed by atoms with Gasteiger partial charge in [-0.15, -0.1) is 13.2 Å². The Morgan fingerprint density at radius 1 is 0.944 bits per heavy atom. The number of rotatable bonds is 2. The molecule has 1 heterocycles. The molecule has 0 aliphatic heterocycles. The van der Waals surface area contributed by atoms with E-state index < -0.39 is 6.36 Å². The van der Waals surface area contributed by atoms with Crippen LogP contribution in [0.15, 0.2) is 47.4 Å². The third-order valence-corrected chi connectivity index (χ3v) is 2.21. The van der Waals surface area contributed by atoms with Crippen molar-refractivity contribution in [2.45, 2.75) is 6.36 Å². The predicted octanol–water partition coefficient (Wildman–Crippen LogP) is 2.94. The van der Waals surface area contributed by atoms with Crippen LogP contribution < -0.4 is 10.3 Å². The van der Waals surface area contributed by atoms with Crippen LogP contribution in [0.1, 0.15) is 0 Å². The van der Waals surface area contributed by atoms with Crippen LogP contribution in [0.25, 0.3) is 11.1 Å². The fourth-order valence-electron chi connectivity index (χ4n) is 1.44. The summed E-state index contributed by atoms with van der Waals surface area (Å²) in [7, 11) is 0. The summed E-state index contributed by atoms with van der Waals surface area (Å²) in [5, 5.41) is 0. The van der Waals surface area contributed by atoms with E-state index in [2.05, 4.69) is 9.72 Å². The van der Waals surface area contributed by atoms with Crippen molar-refractivity contribution in [1.29, 1.82) is 0 Å². The van der Waals surface area contributed by atoms with Gasteiger partial charge in [0, 0.05) is 12.3 Å². The highest BCUT2D eigenvalue weighted by molar-refractivity contribution is 5.62. The lowest BCUT2D eigenvalue weighted by Gasteiger charge is -2.09. The molecule has 1 aromatic heterocycles. The Morgan fingerprint density at radius 3 is 2.06 bits per heavy atom. The van der Waals surface area contributed by atoms with Gasteiger partial charge in [0.1, 0.15) is 5.75 Å². The molecule has 18 heavy (non-hydrogen) atoms. The van der Waals surface area contributed by atoms with Crippen LogP contribution in [0.4, 0.5) is 13.2 Å². The maximum atomic E-state index is 11.9. The molecule has 2 aromatic rings. The SMILES string of the molecule is O=c1ccc(-c2ccc(OC(F)(F)F)cc2)c[nH]1. The molecule has 94 valence electrons. The van der Waals surface area contributed by atoms with Gasteiger partial charge in [0.2, 0.25) is 5.56 Å². The molecular weight excluding hydrogens is 247 g/mol. The summed E-state index contributed by atoms with van der Waals surface area (Å²) in [5.74, 6) is -0.282. The van der Waals surface area contributed by atoms with Crippen molar-refractivity contribution in [1.82, 2.24) is 4.98 Å². The number of aromatic amines is 1. The van der Waals surface area contributed by atoms with Crippen LogP contribution >= 0.6 is 0 Å². The van der Waals surface area contributed by atoms with Gasteiger partial charge >= 0.3 is 6.36 Å². The van der Waals surface area contributed by atoms with E-state index in [1.807, 2.05) is 0 Å². The van der Waals surface area contributed by atoms with E-state index in [-0.39, 0.29) is 11.3 Å². The van der Waals surface area contributed by atoms with Crippen molar-refractivity contribution in [2.75, 3.05) is 0 Å². The second-order valence-electron chi connectivity index (χ2n) is 3.51. The van der Waals surface area contributed by atoms with Crippen LogP contribution in [0.3, 0.4) is 0 Å². The van der Waals surface area contributed by atoms with Gasteiger partial charge in [-0.25, -0.2) is 0 Å². The van der Waals surface area contributed by atoms with E-state index in [4.69, 9.17) is 0 Å². The Bertz CT molecular complexity index is 567.